The van der Waals surface area contributed by atoms with Crippen LogP contribution in [0, 0.1) is 47.3 Å². The lowest BCUT2D eigenvalue weighted by atomic mass is 9.36. The van der Waals surface area contributed by atoms with Crippen molar-refractivity contribution in [2.75, 3.05) is 0 Å². The molecule has 0 heterocycles. The lowest BCUT2D eigenvalue weighted by Crippen LogP contribution is -2.62. The lowest BCUT2D eigenvalue weighted by Gasteiger charge is -2.69. The summed E-state index contributed by atoms with van der Waals surface area (Å²) in [5.74, 6) is 8.91. The van der Waals surface area contributed by atoms with E-state index in [9.17, 15) is 4.79 Å². The van der Waals surface area contributed by atoms with Gasteiger partial charge in [0.1, 0.15) is 0 Å². The first-order valence-electron chi connectivity index (χ1n) is 9.48. The summed E-state index contributed by atoms with van der Waals surface area (Å²) < 4.78 is 0. The summed E-state index contributed by atoms with van der Waals surface area (Å²) in [6.45, 7) is 3.50. The zero-order valence-corrected chi connectivity index (χ0v) is 14.0. The number of aliphatic carboxylic acids is 1. The van der Waals surface area contributed by atoms with Gasteiger partial charge in [-0.1, -0.05) is 13.0 Å². The minimum Gasteiger partial charge on any atom is -0.478 e. The summed E-state index contributed by atoms with van der Waals surface area (Å²) in [5, 5.41) is 8.24. The Morgan fingerprint density at radius 3 is 1.36 bits per heavy atom. The molecule has 7 aliphatic carbocycles. The number of allylic oxidation sites excluding steroid dienone is 1. The van der Waals surface area contributed by atoms with Gasteiger partial charge in [-0.05, 0) is 99.2 Å². The number of carboxylic acids is 1. The fraction of sp³-hybridized carbons (Fsp3) is 0.850. The number of carboxylic acid groups (broad SMARTS) is 1. The summed E-state index contributed by atoms with van der Waals surface area (Å²) in [7, 11) is 0. The maximum Gasteiger partial charge on any atom is 0.330 e. The molecular formula is C20H30O2. The maximum absolute atomic E-state index is 10.0. The molecule has 0 aromatic carbocycles. The van der Waals surface area contributed by atoms with Crippen LogP contribution in [0.5, 0.6) is 0 Å². The van der Waals surface area contributed by atoms with Crippen molar-refractivity contribution in [2.45, 2.75) is 58.8 Å². The van der Waals surface area contributed by atoms with E-state index in [0.717, 1.165) is 6.42 Å². The van der Waals surface area contributed by atoms with Gasteiger partial charge in [-0.15, -0.1) is 0 Å². The van der Waals surface area contributed by atoms with Gasteiger partial charge < -0.3 is 5.11 Å². The second-order valence-corrected chi connectivity index (χ2v) is 8.73. The van der Waals surface area contributed by atoms with E-state index >= 15 is 0 Å². The summed E-state index contributed by atoms with van der Waals surface area (Å²) in [4.78, 5) is 10.0. The average molecular weight is 302 g/mol. The van der Waals surface area contributed by atoms with Crippen LogP contribution in [0.25, 0.3) is 0 Å². The van der Waals surface area contributed by atoms with Gasteiger partial charge in [-0.2, -0.15) is 0 Å². The average Bonchev–Trinajstić information content (AvgIpc) is 2.52. The van der Waals surface area contributed by atoms with Crippen molar-refractivity contribution in [2.24, 2.45) is 47.3 Å². The summed E-state index contributed by atoms with van der Waals surface area (Å²) >= 11 is 0. The van der Waals surface area contributed by atoms with Crippen molar-refractivity contribution in [3.8, 4) is 0 Å². The third-order valence-electron chi connectivity index (χ3n) is 7.78. The van der Waals surface area contributed by atoms with E-state index in [-0.39, 0.29) is 0 Å². The molecular weight excluding hydrogens is 272 g/mol. The molecule has 0 unspecified atom stereocenters. The van der Waals surface area contributed by atoms with Crippen LogP contribution in [0.4, 0.5) is 0 Å². The Morgan fingerprint density at radius 1 is 0.864 bits per heavy atom. The van der Waals surface area contributed by atoms with Crippen molar-refractivity contribution in [3.05, 3.63) is 11.6 Å². The number of carbonyl (C=O) groups is 1. The van der Waals surface area contributed by atoms with Crippen LogP contribution in [0.2, 0.25) is 0 Å². The number of hydrogen-bond acceptors (Lipinski definition) is 1. The predicted octanol–water partition coefficient (Wildman–Crippen LogP) is 4.75. The molecule has 22 heavy (non-hydrogen) atoms. The number of rotatable bonds is 2. The first-order valence-corrected chi connectivity index (χ1v) is 9.48. The highest BCUT2D eigenvalue weighted by Gasteiger charge is 2.63. The first-order chi connectivity index (χ1) is 10.6. The molecule has 0 atom stereocenters. The van der Waals surface area contributed by atoms with Crippen LogP contribution in [0.1, 0.15) is 58.8 Å². The van der Waals surface area contributed by atoms with Gasteiger partial charge in [0.15, 0.2) is 0 Å². The molecule has 7 aliphatic rings. The molecule has 7 rings (SSSR count). The van der Waals surface area contributed by atoms with E-state index in [2.05, 4.69) is 0 Å². The second kappa shape index (κ2) is 5.39. The Bertz CT molecular complexity index is 404. The topological polar surface area (TPSA) is 37.3 Å². The first kappa shape index (κ1) is 14.8. The zero-order valence-electron chi connectivity index (χ0n) is 14.0. The molecule has 0 radical (unpaired) electrons. The molecule has 0 aliphatic heterocycles. The lowest BCUT2D eigenvalue weighted by molar-refractivity contribution is -0.202. The zero-order chi connectivity index (χ0) is 15.4. The molecule has 0 amide bonds. The van der Waals surface area contributed by atoms with Crippen LogP contribution in [-0.4, -0.2) is 11.1 Å². The molecule has 0 spiro atoms. The highest BCUT2D eigenvalue weighted by atomic mass is 16.4. The maximum atomic E-state index is 10.0. The standard InChI is InChI=1S/C14H20.C6H10O2/c1-7-2-12-10-4-8-5-11(9(1)10)13(3-7)14(12)6-8;1-3-4-5(2)6(7)8/h7-14H,1-6H2;4H,3H2,1-2H3,(H,7,8). The molecule has 122 valence electrons. The third-order valence-corrected chi connectivity index (χ3v) is 7.78. The van der Waals surface area contributed by atoms with Gasteiger partial charge >= 0.3 is 5.97 Å². The van der Waals surface area contributed by atoms with Crippen LogP contribution < -0.4 is 0 Å². The van der Waals surface area contributed by atoms with Crippen molar-refractivity contribution in [3.63, 3.8) is 0 Å². The van der Waals surface area contributed by atoms with E-state index < -0.39 is 5.97 Å². The fourth-order valence-electron chi connectivity index (χ4n) is 7.28. The Morgan fingerprint density at radius 2 is 1.18 bits per heavy atom. The fourth-order valence-corrected chi connectivity index (χ4v) is 7.28. The van der Waals surface area contributed by atoms with E-state index in [1.807, 2.05) is 6.92 Å². The van der Waals surface area contributed by atoms with Crippen molar-refractivity contribution in [1.29, 1.82) is 0 Å². The molecule has 0 aromatic heterocycles. The minimum absolute atomic E-state index is 0.424. The van der Waals surface area contributed by atoms with Crippen LogP contribution in [-0.2, 0) is 4.79 Å². The SMILES string of the molecule is C1C2CC3C4CC5CC(C14)C(C2)C3C5.CCC=C(C)C(=O)O. The van der Waals surface area contributed by atoms with Crippen LogP contribution in [0.15, 0.2) is 11.6 Å². The highest BCUT2D eigenvalue weighted by Crippen LogP contribution is 2.71. The Labute approximate surface area is 134 Å². The van der Waals surface area contributed by atoms with Crippen LogP contribution in [0.3, 0.4) is 0 Å². The molecule has 2 heteroatoms. The highest BCUT2D eigenvalue weighted by molar-refractivity contribution is 5.85. The van der Waals surface area contributed by atoms with E-state index in [4.69, 9.17) is 5.11 Å². The summed E-state index contributed by atoms with van der Waals surface area (Å²) in [6.07, 6.45) is 12.4. The van der Waals surface area contributed by atoms with Crippen molar-refractivity contribution >= 4 is 5.97 Å². The molecule has 7 saturated carbocycles. The van der Waals surface area contributed by atoms with E-state index in [0.29, 0.717) is 5.57 Å². The van der Waals surface area contributed by atoms with Crippen molar-refractivity contribution < 1.29 is 9.90 Å². The smallest absolute Gasteiger partial charge is 0.330 e. The molecule has 8 bridgehead atoms. The Hall–Kier alpha value is -0.790. The predicted molar refractivity (Wildman–Crippen MR) is 87.3 cm³/mol. The second-order valence-electron chi connectivity index (χ2n) is 8.73. The Balaban J connectivity index is 0.000000137. The van der Waals surface area contributed by atoms with Gasteiger partial charge in [0.05, 0.1) is 0 Å². The number of hydrogen-bond donors (Lipinski definition) is 1. The van der Waals surface area contributed by atoms with E-state index in [1.165, 1.54) is 47.3 Å². The molecule has 1 N–H and O–H groups in total. The monoisotopic (exact) mass is 302 g/mol. The van der Waals surface area contributed by atoms with Gasteiger partial charge in [0, 0.05) is 5.57 Å². The largest absolute Gasteiger partial charge is 0.478 e. The Kier molecular flexibility index (Phi) is 3.62. The normalized spacial score (nSPS) is 50.0. The summed E-state index contributed by atoms with van der Waals surface area (Å²) in [5.41, 5.74) is 0.424. The van der Waals surface area contributed by atoms with Crippen LogP contribution >= 0.6 is 0 Å². The van der Waals surface area contributed by atoms with Gasteiger partial charge in [-0.25, -0.2) is 4.79 Å². The van der Waals surface area contributed by atoms with Gasteiger partial charge in [-0.3, -0.25) is 0 Å². The van der Waals surface area contributed by atoms with Gasteiger partial charge in [0.25, 0.3) is 0 Å². The van der Waals surface area contributed by atoms with E-state index in [1.54, 1.807) is 51.5 Å². The third kappa shape index (κ3) is 2.17. The van der Waals surface area contributed by atoms with Crippen molar-refractivity contribution in [1.82, 2.24) is 0 Å². The summed E-state index contributed by atoms with van der Waals surface area (Å²) in [6, 6.07) is 0. The molecule has 0 aromatic rings. The molecule has 2 nitrogen and oxygen atoms in total. The van der Waals surface area contributed by atoms with Gasteiger partial charge in [0.2, 0.25) is 0 Å². The minimum atomic E-state index is -0.827. The molecule has 0 saturated heterocycles. The molecule has 7 fully saturated rings. The quantitative estimate of drug-likeness (QED) is 0.747.